The molecular formula is C31H42N2O6S. The van der Waals surface area contributed by atoms with Crippen molar-refractivity contribution in [2.24, 2.45) is 21.9 Å². The number of fused-ring (bicyclic) bond motifs is 5. The number of hydrogen-bond donors (Lipinski definition) is 2. The summed E-state index contributed by atoms with van der Waals surface area (Å²) in [6.45, 7) is 9.73. The fourth-order valence-electron chi connectivity index (χ4n) is 8.68. The summed E-state index contributed by atoms with van der Waals surface area (Å²) < 4.78 is 39.7. The maximum absolute atomic E-state index is 11.6. The van der Waals surface area contributed by atoms with Gasteiger partial charge in [0.25, 0.3) is 0 Å². The van der Waals surface area contributed by atoms with Crippen molar-refractivity contribution in [2.45, 2.75) is 63.9 Å². The molecule has 2 aromatic rings. The molecule has 0 amide bonds. The normalized spacial score (nSPS) is 34.0. The van der Waals surface area contributed by atoms with Crippen molar-refractivity contribution in [3.05, 3.63) is 59.2 Å². The minimum absolute atomic E-state index is 0.0117. The Labute approximate surface area is 238 Å². The molecule has 0 aromatic heterocycles. The summed E-state index contributed by atoms with van der Waals surface area (Å²) in [6.07, 6.45) is 4.32. The molecule has 6 atom stereocenters. The first kappa shape index (κ1) is 28.0. The zero-order valence-electron chi connectivity index (χ0n) is 23.6. The maximum atomic E-state index is 11.6. The summed E-state index contributed by atoms with van der Waals surface area (Å²) in [5, 5.41) is 16.4. The summed E-state index contributed by atoms with van der Waals surface area (Å²) in [5.41, 5.74) is 3.51. The Kier molecular flexibility index (Phi) is 7.40. The molecule has 218 valence electrons. The second-order valence-corrected chi connectivity index (χ2v) is 13.9. The number of aliphatic hydroxyl groups is 1. The number of hydrogen-bond acceptors (Lipinski definition) is 7. The number of aliphatic hydroxyl groups excluding tert-OH is 1. The lowest BCUT2D eigenvalue weighted by Crippen LogP contribution is -2.52. The topological polar surface area (TPSA) is 111 Å². The summed E-state index contributed by atoms with van der Waals surface area (Å²) in [7, 11) is -4.08. The van der Waals surface area contributed by atoms with Crippen LogP contribution in [0, 0.1) is 16.7 Å². The van der Waals surface area contributed by atoms with Gasteiger partial charge in [-0.05, 0) is 102 Å². The molecule has 4 aliphatic rings. The van der Waals surface area contributed by atoms with Crippen molar-refractivity contribution in [1.82, 2.24) is 4.90 Å². The monoisotopic (exact) mass is 570 g/mol. The van der Waals surface area contributed by atoms with E-state index in [1.165, 1.54) is 11.1 Å². The van der Waals surface area contributed by atoms with Gasteiger partial charge in [0.05, 0.1) is 19.3 Å². The molecule has 8 nitrogen and oxygen atoms in total. The quantitative estimate of drug-likeness (QED) is 0.518. The lowest BCUT2D eigenvalue weighted by Gasteiger charge is -2.60. The zero-order chi connectivity index (χ0) is 28.1. The Balaban J connectivity index is 1.29. The number of nitrogens with two attached hydrogens (primary N) is 1. The van der Waals surface area contributed by atoms with Crippen LogP contribution in [0.1, 0.15) is 68.1 Å². The van der Waals surface area contributed by atoms with Crippen LogP contribution in [0.5, 0.6) is 11.5 Å². The highest BCUT2D eigenvalue weighted by molar-refractivity contribution is 7.84. The van der Waals surface area contributed by atoms with Crippen molar-refractivity contribution in [2.75, 3.05) is 39.5 Å². The van der Waals surface area contributed by atoms with Gasteiger partial charge in [-0.2, -0.15) is 13.6 Å². The fraction of sp³-hybridized carbons (Fsp3) is 0.613. The molecule has 2 saturated carbocycles. The first-order valence-corrected chi connectivity index (χ1v) is 16.1. The smallest absolute Gasteiger partial charge is 0.380 e. The third-order valence-electron chi connectivity index (χ3n) is 10.5. The molecule has 1 heterocycles. The second-order valence-electron chi connectivity index (χ2n) is 12.8. The number of ether oxygens (including phenoxy) is 2. The van der Waals surface area contributed by atoms with Crippen LogP contribution in [0.4, 0.5) is 0 Å². The van der Waals surface area contributed by atoms with E-state index in [0.717, 1.165) is 76.3 Å². The van der Waals surface area contributed by atoms with Crippen LogP contribution in [-0.2, 0) is 21.5 Å². The lowest BCUT2D eigenvalue weighted by molar-refractivity contribution is -0.0768. The van der Waals surface area contributed by atoms with E-state index in [1.54, 1.807) is 6.07 Å². The Bertz CT molecular complexity index is 1330. The minimum atomic E-state index is -4.08. The third kappa shape index (κ3) is 5.15. The summed E-state index contributed by atoms with van der Waals surface area (Å²) in [4.78, 5) is 2.37. The van der Waals surface area contributed by atoms with Crippen molar-refractivity contribution in [1.29, 1.82) is 0 Å². The molecule has 3 fully saturated rings. The highest BCUT2D eigenvalue weighted by atomic mass is 32.2. The zero-order valence-corrected chi connectivity index (χ0v) is 24.4. The van der Waals surface area contributed by atoms with Crippen molar-refractivity contribution in [3.8, 4) is 11.5 Å². The number of morpholine rings is 1. The van der Waals surface area contributed by atoms with E-state index in [2.05, 4.69) is 43.0 Å². The van der Waals surface area contributed by atoms with E-state index in [4.69, 9.17) is 18.8 Å². The largest absolute Gasteiger partial charge is 0.492 e. The van der Waals surface area contributed by atoms with E-state index in [-0.39, 0.29) is 34.5 Å². The van der Waals surface area contributed by atoms with Gasteiger partial charge in [0.2, 0.25) is 0 Å². The van der Waals surface area contributed by atoms with E-state index in [1.807, 2.05) is 12.1 Å². The average molecular weight is 571 g/mol. The average Bonchev–Trinajstić information content (AvgIpc) is 3.23. The molecule has 2 unspecified atom stereocenters. The predicted octanol–water partition coefficient (Wildman–Crippen LogP) is 3.98. The van der Waals surface area contributed by atoms with E-state index in [9.17, 15) is 13.5 Å². The molecule has 1 saturated heterocycles. The van der Waals surface area contributed by atoms with E-state index in [0.29, 0.717) is 12.5 Å². The van der Waals surface area contributed by atoms with Crippen LogP contribution in [0.2, 0.25) is 0 Å². The second kappa shape index (κ2) is 10.6. The van der Waals surface area contributed by atoms with Gasteiger partial charge in [-0.25, -0.2) is 0 Å². The molecular weight excluding hydrogens is 528 g/mol. The molecule has 6 rings (SSSR count). The molecule has 40 heavy (non-hydrogen) atoms. The summed E-state index contributed by atoms with van der Waals surface area (Å²) in [6, 6.07) is 14.2. The first-order chi connectivity index (χ1) is 19.1. The fourth-order valence-corrected chi connectivity index (χ4v) is 9.05. The SMILES string of the molecule is C[C@@]12CCc3cc(OS(N)(=O)=O)ccc3C1[C@@H](c1ccc(OCCN3CCOCC3)cc1)C[C@@]1(C)C2CC[C@@H]1O. The first-order valence-electron chi connectivity index (χ1n) is 14.6. The van der Waals surface area contributed by atoms with Gasteiger partial charge in [0.1, 0.15) is 18.1 Å². The minimum Gasteiger partial charge on any atom is -0.492 e. The Morgan fingerprint density at radius 2 is 1.77 bits per heavy atom. The summed E-state index contributed by atoms with van der Waals surface area (Å²) >= 11 is 0. The van der Waals surface area contributed by atoms with Gasteiger partial charge in [-0.1, -0.05) is 32.0 Å². The van der Waals surface area contributed by atoms with Crippen molar-refractivity contribution < 1.29 is 27.2 Å². The van der Waals surface area contributed by atoms with Gasteiger partial charge in [0, 0.05) is 19.6 Å². The number of rotatable bonds is 7. The number of aryl methyl sites for hydroxylation is 1. The van der Waals surface area contributed by atoms with Crippen LogP contribution < -0.4 is 14.1 Å². The molecule has 0 radical (unpaired) electrons. The van der Waals surface area contributed by atoms with Gasteiger partial charge >= 0.3 is 10.3 Å². The van der Waals surface area contributed by atoms with Crippen LogP contribution in [0.15, 0.2) is 42.5 Å². The highest BCUT2D eigenvalue weighted by Crippen LogP contribution is 2.70. The molecule has 3 N–H and O–H groups in total. The number of benzene rings is 2. The van der Waals surface area contributed by atoms with Crippen LogP contribution in [0.25, 0.3) is 0 Å². The van der Waals surface area contributed by atoms with Gasteiger partial charge < -0.3 is 18.8 Å². The van der Waals surface area contributed by atoms with Gasteiger partial charge in [-0.3, -0.25) is 4.90 Å². The molecule has 0 spiro atoms. The molecule has 9 heteroatoms. The lowest BCUT2D eigenvalue weighted by atomic mass is 9.44. The van der Waals surface area contributed by atoms with Crippen LogP contribution in [0.3, 0.4) is 0 Å². The standard InChI is InChI=1S/C31H42N2O6S/c1-30-12-11-22-19-24(39-40(32,35)36)7-8-25(22)29(30)26(20-31(2)27(30)9-10-28(31)34)21-3-5-23(6-4-21)38-18-15-33-13-16-37-17-14-33/h3-8,19,26-29,34H,9-18,20H2,1-2H3,(H2,32,35,36)/t26-,27?,28+,29?,30+,31+/m1/s1. The summed E-state index contributed by atoms with van der Waals surface area (Å²) in [5.74, 6) is 2.01. The Morgan fingerprint density at radius 3 is 2.50 bits per heavy atom. The Morgan fingerprint density at radius 1 is 1.05 bits per heavy atom. The maximum Gasteiger partial charge on any atom is 0.380 e. The van der Waals surface area contributed by atoms with Crippen molar-refractivity contribution in [3.63, 3.8) is 0 Å². The molecule has 3 aliphatic carbocycles. The van der Waals surface area contributed by atoms with E-state index < -0.39 is 10.3 Å². The van der Waals surface area contributed by atoms with Gasteiger partial charge in [-0.15, -0.1) is 0 Å². The molecule has 0 bridgehead atoms. The van der Waals surface area contributed by atoms with Gasteiger partial charge in [0.15, 0.2) is 0 Å². The van der Waals surface area contributed by atoms with E-state index >= 15 is 0 Å². The Hall–Kier alpha value is -2.17. The number of nitrogens with zero attached hydrogens (tertiary/aromatic N) is 1. The molecule has 2 aromatic carbocycles. The van der Waals surface area contributed by atoms with Crippen LogP contribution in [-0.4, -0.2) is 64.0 Å². The third-order valence-corrected chi connectivity index (χ3v) is 11.0. The van der Waals surface area contributed by atoms with Crippen molar-refractivity contribution >= 4 is 10.3 Å². The highest BCUT2D eigenvalue weighted by Gasteiger charge is 2.62. The predicted molar refractivity (Wildman–Crippen MR) is 153 cm³/mol. The molecule has 1 aliphatic heterocycles. The van der Waals surface area contributed by atoms with Crippen LogP contribution >= 0.6 is 0 Å².